The number of nitro groups is 1. The molecule has 0 amide bonds. The highest BCUT2D eigenvalue weighted by Gasteiger charge is 2.18. The number of benzene rings is 1. The first-order valence-corrected chi connectivity index (χ1v) is 4.59. The number of nitrogens with zero attached hydrogens (tertiary/aromatic N) is 4. The molecule has 0 atom stereocenters. The van der Waals surface area contributed by atoms with Crippen LogP contribution in [0.1, 0.15) is 5.56 Å². The summed E-state index contributed by atoms with van der Waals surface area (Å²) in [6.45, 7) is 0. The Morgan fingerprint density at radius 1 is 1.62 bits per heavy atom. The van der Waals surface area contributed by atoms with Crippen LogP contribution in [0.4, 0.5) is 5.69 Å². The Labute approximate surface area is 90.9 Å². The first-order valence-electron chi connectivity index (χ1n) is 4.59. The maximum Gasteiger partial charge on any atom is 0.275 e. The van der Waals surface area contributed by atoms with Gasteiger partial charge in [-0.05, 0) is 6.07 Å². The van der Waals surface area contributed by atoms with Gasteiger partial charge in [0.2, 0.25) is 0 Å². The molecule has 0 unspecified atom stereocenters. The smallest absolute Gasteiger partial charge is 0.275 e. The van der Waals surface area contributed by atoms with Gasteiger partial charge in [-0.25, -0.2) is 4.98 Å². The van der Waals surface area contributed by atoms with Crippen LogP contribution in [-0.2, 0) is 13.5 Å². The summed E-state index contributed by atoms with van der Waals surface area (Å²) in [7, 11) is 1.80. The van der Waals surface area contributed by atoms with Crippen LogP contribution in [0.2, 0.25) is 0 Å². The minimum atomic E-state index is -0.485. The van der Waals surface area contributed by atoms with Gasteiger partial charge in [0.15, 0.2) is 0 Å². The van der Waals surface area contributed by atoms with Gasteiger partial charge in [-0.3, -0.25) is 10.1 Å². The van der Waals surface area contributed by atoms with Gasteiger partial charge in [0.05, 0.1) is 40.3 Å². The highest BCUT2D eigenvalue weighted by Crippen LogP contribution is 2.26. The zero-order chi connectivity index (χ0) is 11.7. The highest BCUT2D eigenvalue weighted by molar-refractivity contribution is 5.83. The van der Waals surface area contributed by atoms with Crippen molar-refractivity contribution in [2.24, 2.45) is 7.05 Å². The SMILES string of the molecule is Cn1cnc2c(CC#N)c([N+](=O)[O-])ccc21. The number of imidazole rings is 1. The Morgan fingerprint density at radius 2 is 2.38 bits per heavy atom. The van der Waals surface area contributed by atoms with E-state index in [0.717, 1.165) is 5.52 Å². The van der Waals surface area contributed by atoms with E-state index in [1.165, 1.54) is 6.07 Å². The molecule has 0 aliphatic rings. The second-order valence-corrected chi connectivity index (χ2v) is 3.38. The summed E-state index contributed by atoms with van der Waals surface area (Å²) >= 11 is 0. The van der Waals surface area contributed by atoms with Gasteiger partial charge >= 0.3 is 0 Å². The fourth-order valence-electron chi connectivity index (χ4n) is 1.67. The number of rotatable bonds is 2. The lowest BCUT2D eigenvalue weighted by atomic mass is 10.1. The standard InChI is InChI=1S/C10H8N4O2/c1-13-6-12-10-7(4-5-11)8(14(15)16)2-3-9(10)13/h2-3,6H,4H2,1H3. The molecule has 1 heterocycles. The number of aromatic nitrogens is 2. The first-order chi connectivity index (χ1) is 7.65. The molecule has 6 heteroatoms. The molecule has 6 nitrogen and oxygen atoms in total. The summed E-state index contributed by atoms with van der Waals surface area (Å²) in [6, 6.07) is 4.98. The van der Waals surface area contributed by atoms with Gasteiger partial charge in [-0.1, -0.05) is 0 Å². The third kappa shape index (κ3) is 1.39. The van der Waals surface area contributed by atoms with E-state index in [9.17, 15) is 10.1 Å². The van der Waals surface area contributed by atoms with Crippen molar-refractivity contribution in [3.8, 4) is 6.07 Å². The summed E-state index contributed by atoms with van der Waals surface area (Å²) in [6.07, 6.45) is 1.57. The number of nitro benzene ring substituents is 1. The Hall–Kier alpha value is -2.42. The average Bonchev–Trinajstić information content (AvgIpc) is 2.61. The van der Waals surface area contributed by atoms with Crippen molar-refractivity contribution >= 4 is 16.7 Å². The fraction of sp³-hybridized carbons (Fsp3) is 0.200. The third-order valence-electron chi connectivity index (χ3n) is 2.43. The minimum absolute atomic E-state index is 0.00926. The van der Waals surface area contributed by atoms with Gasteiger partial charge in [0.25, 0.3) is 5.69 Å². The molecular formula is C10H8N4O2. The molecule has 1 aromatic heterocycles. The molecule has 0 spiro atoms. The average molecular weight is 216 g/mol. The molecule has 0 fully saturated rings. The number of hydrogen-bond acceptors (Lipinski definition) is 4. The van der Waals surface area contributed by atoms with E-state index in [1.54, 1.807) is 24.0 Å². The van der Waals surface area contributed by atoms with Crippen molar-refractivity contribution in [1.82, 2.24) is 9.55 Å². The molecule has 16 heavy (non-hydrogen) atoms. The van der Waals surface area contributed by atoms with Crippen LogP contribution in [0, 0.1) is 21.4 Å². The second kappa shape index (κ2) is 3.62. The van der Waals surface area contributed by atoms with Crippen molar-refractivity contribution in [1.29, 1.82) is 5.26 Å². The summed E-state index contributed by atoms with van der Waals surface area (Å²) in [5.41, 5.74) is 1.65. The van der Waals surface area contributed by atoms with Crippen LogP contribution >= 0.6 is 0 Å². The van der Waals surface area contributed by atoms with E-state index in [4.69, 9.17) is 5.26 Å². The third-order valence-corrected chi connectivity index (χ3v) is 2.43. The maximum absolute atomic E-state index is 10.8. The predicted molar refractivity (Wildman–Crippen MR) is 56.7 cm³/mol. The lowest BCUT2D eigenvalue weighted by Crippen LogP contribution is -1.96. The molecule has 2 rings (SSSR count). The van der Waals surface area contributed by atoms with Crippen molar-refractivity contribution in [2.45, 2.75) is 6.42 Å². The van der Waals surface area contributed by atoms with Crippen molar-refractivity contribution in [3.05, 3.63) is 34.1 Å². The molecule has 1 aromatic carbocycles. The molecule has 0 aliphatic carbocycles. The normalized spacial score (nSPS) is 10.2. The Bertz CT molecular complexity index is 609. The second-order valence-electron chi connectivity index (χ2n) is 3.38. The van der Waals surface area contributed by atoms with E-state index < -0.39 is 4.92 Å². The molecular weight excluding hydrogens is 208 g/mol. The topological polar surface area (TPSA) is 84.8 Å². The molecule has 2 aromatic rings. The lowest BCUT2D eigenvalue weighted by molar-refractivity contribution is -0.385. The predicted octanol–water partition coefficient (Wildman–Crippen LogP) is 1.55. The highest BCUT2D eigenvalue weighted by atomic mass is 16.6. The van der Waals surface area contributed by atoms with Crippen LogP contribution in [0.15, 0.2) is 18.5 Å². The summed E-state index contributed by atoms with van der Waals surface area (Å²) in [5, 5.41) is 19.5. The Morgan fingerprint density at radius 3 is 3.00 bits per heavy atom. The van der Waals surface area contributed by atoms with E-state index in [-0.39, 0.29) is 12.1 Å². The molecule has 0 radical (unpaired) electrons. The van der Waals surface area contributed by atoms with Crippen molar-refractivity contribution < 1.29 is 4.92 Å². The van der Waals surface area contributed by atoms with E-state index >= 15 is 0 Å². The molecule has 0 saturated carbocycles. The zero-order valence-electron chi connectivity index (χ0n) is 8.54. The van der Waals surface area contributed by atoms with Crippen molar-refractivity contribution in [2.75, 3.05) is 0 Å². The van der Waals surface area contributed by atoms with Crippen LogP contribution in [0.5, 0.6) is 0 Å². The van der Waals surface area contributed by atoms with Crippen LogP contribution in [-0.4, -0.2) is 14.5 Å². The summed E-state index contributed by atoms with van der Waals surface area (Å²) in [5.74, 6) is 0. The number of nitriles is 1. The number of hydrogen-bond donors (Lipinski definition) is 0. The minimum Gasteiger partial charge on any atom is -0.334 e. The zero-order valence-corrected chi connectivity index (χ0v) is 8.54. The molecule has 80 valence electrons. The van der Waals surface area contributed by atoms with E-state index in [0.29, 0.717) is 11.1 Å². The lowest BCUT2D eigenvalue weighted by Gasteiger charge is -2.00. The molecule has 0 saturated heterocycles. The van der Waals surface area contributed by atoms with E-state index in [2.05, 4.69) is 4.98 Å². The van der Waals surface area contributed by atoms with E-state index in [1.807, 2.05) is 6.07 Å². The Kier molecular flexibility index (Phi) is 2.29. The largest absolute Gasteiger partial charge is 0.334 e. The molecule has 0 aliphatic heterocycles. The van der Waals surface area contributed by atoms with Gasteiger partial charge in [0.1, 0.15) is 0 Å². The van der Waals surface area contributed by atoms with Gasteiger partial charge < -0.3 is 4.57 Å². The quantitative estimate of drug-likeness (QED) is 0.563. The summed E-state index contributed by atoms with van der Waals surface area (Å²) in [4.78, 5) is 14.4. The monoisotopic (exact) mass is 216 g/mol. The maximum atomic E-state index is 10.8. The number of aryl methyl sites for hydroxylation is 1. The fourth-order valence-corrected chi connectivity index (χ4v) is 1.67. The van der Waals surface area contributed by atoms with Crippen LogP contribution in [0.3, 0.4) is 0 Å². The Balaban J connectivity index is 2.80. The van der Waals surface area contributed by atoms with Crippen molar-refractivity contribution in [3.63, 3.8) is 0 Å². The molecule has 0 N–H and O–H groups in total. The van der Waals surface area contributed by atoms with Gasteiger partial charge in [-0.15, -0.1) is 0 Å². The summed E-state index contributed by atoms with van der Waals surface area (Å²) < 4.78 is 1.76. The van der Waals surface area contributed by atoms with Crippen LogP contribution in [0.25, 0.3) is 11.0 Å². The van der Waals surface area contributed by atoms with Gasteiger partial charge in [0, 0.05) is 13.1 Å². The molecule has 0 bridgehead atoms. The number of fused-ring (bicyclic) bond motifs is 1. The van der Waals surface area contributed by atoms with Crippen LogP contribution < -0.4 is 0 Å². The van der Waals surface area contributed by atoms with Gasteiger partial charge in [-0.2, -0.15) is 5.26 Å². The first kappa shape index (κ1) is 10.1.